The fourth-order valence-electron chi connectivity index (χ4n) is 2.70. The highest BCUT2D eigenvalue weighted by atomic mass is 16.5. The first-order valence-electron chi connectivity index (χ1n) is 8.85. The van der Waals surface area contributed by atoms with Gasteiger partial charge in [0.25, 0.3) is 0 Å². The molecule has 0 aliphatic carbocycles. The summed E-state index contributed by atoms with van der Waals surface area (Å²) in [5, 5.41) is 0. The molecule has 28 heavy (non-hydrogen) atoms. The van der Waals surface area contributed by atoms with Crippen molar-refractivity contribution in [2.24, 2.45) is 0 Å². The van der Waals surface area contributed by atoms with Gasteiger partial charge in [0, 0.05) is 0 Å². The minimum atomic E-state index is -0.475. The van der Waals surface area contributed by atoms with Gasteiger partial charge in [-0.2, -0.15) is 0 Å². The number of rotatable bonds is 8. The molecule has 0 aliphatic rings. The predicted molar refractivity (Wildman–Crippen MR) is 106 cm³/mol. The molecular formula is C23H22O5. The lowest BCUT2D eigenvalue weighted by atomic mass is 10.1. The number of ether oxygens (including phenoxy) is 4. The number of methoxy groups -OCH3 is 2. The predicted octanol–water partition coefficient (Wildman–Crippen LogP) is 4.64. The monoisotopic (exact) mass is 378 g/mol. The van der Waals surface area contributed by atoms with Crippen molar-refractivity contribution in [2.75, 3.05) is 14.2 Å². The molecule has 144 valence electrons. The molecule has 0 fully saturated rings. The number of hydrogen-bond acceptors (Lipinski definition) is 5. The maximum absolute atomic E-state index is 12.1. The zero-order valence-corrected chi connectivity index (χ0v) is 15.9. The number of hydrogen-bond donors (Lipinski definition) is 0. The first-order chi connectivity index (χ1) is 13.7. The van der Waals surface area contributed by atoms with Crippen LogP contribution >= 0.6 is 0 Å². The summed E-state index contributed by atoms with van der Waals surface area (Å²) in [6, 6.07) is 22.7. The Bertz CT molecular complexity index is 842. The van der Waals surface area contributed by atoms with Gasteiger partial charge in [-0.3, -0.25) is 0 Å². The lowest BCUT2D eigenvalue weighted by Crippen LogP contribution is -2.06. The van der Waals surface area contributed by atoms with Crippen LogP contribution in [0.4, 0.5) is 0 Å². The van der Waals surface area contributed by atoms with Gasteiger partial charge in [0.05, 0.1) is 19.8 Å². The van der Waals surface area contributed by atoms with Crippen LogP contribution < -0.4 is 14.2 Å². The normalized spacial score (nSPS) is 10.2. The number of carbonyl (C=O) groups is 1. The van der Waals surface area contributed by atoms with Crippen molar-refractivity contribution < 1.29 is 23.7 Å². The summed E-state index contributed by atoms with van der Waals surface area (Å²) in [7, 11) is 2.87. The average molecular weight is 378 g/mol. The molecule has 0 N–H and O–H groups in total. The molecule has 0 atom stereocenters. The van der Waals surface area contributed by atoms with Gasteiger partial charge in [0.15, 0.2) is 11.5 Å². The van der Waals surface area contributed by atoms with E-state index in [-0.39, 0.29) is 0 Å². The molecule has 5 nitrogen and oxygen atoms in total. The van der Waals surface area contributed by atoms with E-state index in [2.05, 4.69) is 0 Å². The van der Waals surface area contributed by atoms with Crippen LogP contribution in [0.15, 0.2) is 72.8 Å². The van der Waals surface area contributed by atoms with Crippen molar-refractivity contribution in [2.45, 2.75) is 13.2 Å². The molecule has 3 aromatic rings. The van der Waals surface area contributed by atoms with Gasteiger partial charge in [0.2, 0.25) is 5.75 Å². The molecule has 0 saturated carbocycles. The van der Waals surface area contributed by atoms with Crippen LogP contribution in [0.2, 0.25) is 0 Å². The van der Waals surface area contributed by atoms with E-state index in [9.17, 15) is 4.79 Å². The third-order valence-corrected chi connectivity index (χ3v) is 4.12. The van der Waals surface area contributed by atoms with Crippen LogP contribution in [-0.2, 0) is 18.0 Å². The summed E-state index contributed by atoms with van der Waals surface area (Å²) in [5.74, 6) is 0.783. The van der Waals surface area contributed by atoms with Gasteiger partial charge in [0.1, 0.15) is 13.2 Å². The van der Waals surface area contributed by atoms with Crippen molar-refractivity contribution in [3.63, 3.8) is 0 Å². The zero-order valence-electron chi connectivity index (χ0n) is 15.9. The number of esters is 1. The van der Waals surface area contributed by atoms with Gasteiger partial charge in [-0.1, -0.05) is 60.7 Å². The van der Waals surface area contributed by atoms with E-state index in [1.807, 2.05) is 60.7 Å². The molecule has 3 aromatic carbocycles. The Morgan fingerprint density at radius 1 is 0.750 bits per heavy atom. The van der Waals surface area contributed by atoms with Gasteiger partial charge in [-0.05, 0) is 23.3 Å². The Balaban J connectivity index is 1.88. The summed E-state index contributed by atoms with van der Waals surface area (Å²) in [4.78, 5) is 12.1. The average Bonchev–Trinajstić information content (AvgIpc) is 2.76. The van der Waals surface area contributed by atoms with Crippen LogP contribution in [0.3, 0.4) is 0 Å². The maximum Gasteiger partial charge on any atom is 0.338 e. The zero-order chi connectivity index (χ0) is 19.8. The van der Waals surface area contributed by atoms with Gasteiger partial charge in [-0.15, -0.1) is 0 Å². The van der Waals surface area contributed by atoms with Crippen LogP contribution in [0.25, 0.3) is 0 Å². The highest BCUT2D eigenvalue weighted by Crippen LogP contribution is 2.39. The van der Waals surface area contributed by atoms with E-state index < -0.39 is 5.97 Å². The molecule has 5 heteroatoms. The molecule has 0 aromatic heterocycles. The molecule has 0 radical (unpaired) electrons. The third kappa shape index (κ3) is 4.82. The van der Waals surface area contributed by atoms with Crippen molar-refractivity contribution in [3.05, 3.63) is 89.5 Å². The Morgan fingerprint density at radius 3 is 1.61 bits per heavy atom. The fraction of sp³-hybridized carbons (Fsp3) is 0.174. The van der Waals surface area contributed by atoms with Crippen molar-refractivity contribution >= 4 is 5.97 Å². The van der Waals surface area contributed by atoms with Crippen LogP contribution in [0.5, 0.6) is 17.2 Å². The molecule has 0 aliphatic heterocycles. The Labute approximate surface area is 164 Å². The van der Waals surface area contributed by atoms with E-state index in [0.29, 0.717) is 36.0 Å². The second-order valence-corrected chi connectivity index (χ2v) is 6.05. The van der Waals surface area contributed by atoms with Gasteiger partial charge in [-0.25, -0.2) is 4.79 Å². The second-order valence-electron chi connectivity index (χ2n) is 6.05. The summed E-state index contributed by atoms with van der Waals surface area (Å²) < 4.78 is 22.2. The van der Waals surface area contributed by atoms with Crippen LogP contribution in [0.1, 0.15) is 21.5 Å². The van der Waals surface area contributed by atoms with Crippen molar-refractivity contribution in [1.82, 2.24) is 0 Å². The van der Waals surface area contributed by atoms with E-state index in [4.69, 9.17) is 18.9 Å². The fourth-order valence-corrected chi connectivity index (χ4v) is 2.70. The molecule has 0 unspecified atom stereocenters. The molecule has 0 amide bonds. The first kappa shape index (κ1) is 19.3. The maximum atomic E-state index is 12.1. The molecule has 3 rings (SSSR count). The summed E-state index contributed by atoms with van der Waals surface area (Å²) in [6.45, 7) is 0.667. The SMILES string of the molecule is COC(=O)c1cc(OCc2ccccc2)c(OC)c(OCc2ccccc2)c1. The van der Waals surface area contributed by atoms with E-state index in [1.165, 1.54) is 14.2 Å². The molecule has 0 spiro atoms. The quantitative estimate of drug-likeness (QED) is 0.535. The van der Waals surface area contributed by atoms with Gasteiger partial charge < -0.3 is 18.9 Å². The summed E-state index contributed by atoms with van der Waals surface area (Å²) in [5.41, 5.74) is 2.33. The van der Waals surface area contributed by atoms with Crippen LogP contribution in [-0.4, -0.2) is 20.2 Å². The lowest BCUT2D eigenvalue weighted by Gasteiger charge is -2.17. The summed E-state index contributed by atoms with van der Waals surface area (Å²) in [6.07, 6.45) is 0. The second kappa shape index (κ2) is 9.46. The minimum Gasteiger partial charge on any atom is -0.490 e. The number of carbonyl (C=O) groups excluding carboxylic acids is 1. The Kier molecular flexibility index (Phi) is 6.52. The number of benzene rings is 3. The highest BCUT2D eigenvalue weighted by molar-refractivity contribution is 5.91. The Morgan fingerprint density at radius 2 is 1.21 bits per heavy atom. The van der Waals surface area contributed by atoms with Gasteiger partial charge >= 0.3 is 5.97 Å². The topological polar surface area (TPSA) is 54.0 Å². The smallest absolute Gasteiger partial charge is 0.338 e. The standard InChI is InChI=1S/C23H22O5/c1-25-22-20(27-15-17-9-5-3-6-10-17)13-19(23(24)26-2)14-21(22)28-16-18-11-7-4-8-12-18/h3-14H,15-16H2,1-2H3. The molecule has 0 heterocycles. The molecular weight excluding hydrogens is 356 g/mol. The third-order valence-electron chi connectivity index (χ3n) is 4.12. The Hall–Kier alpha value is -3.47. The summed E-state index contributed by atoms with van der Waals surface area (Å²) >= 11 is 0. The minimum absolute atomic E-state index is 0.328. The van der Waals surface area contributed by atoms with Crippen molar-refractivity contribution in [1.29, 1.82) is 0 Å². The van der Waals surface area contributed by atoms with Crippen LogP contribution in [0, 0.1) is 0 Å². The highest BCUT2D eigenvalue weighted by Gasteiger charge is 2.19. The largest absolute Gasteiger partial charge is 0.490 e. The lowest BCUT2D eigenvalue weighted by molar-refractivity contribution is 0.0599. The van der Waals surface area contributed by atoms with Crippen molar-refractivity contribution in [3.8, 4) is 17.2 Å². The van der Waals surface area contributed by atoms with E-state index in [0.717, 1.165) is 11.1 Å². The first-order valence-corrected chi connectivity index (χ1v) is 8.85. The molecule has 0 bridgehead atoms. The van der Waals surface area contributed by atoms with E-state index in [1.54, 1.807) is 12.1 Å². The van der Waals surface area contributed by atoms with E-state index >= 15 is 0 Å². The molecule has 0 saturated heterocycles.